The summed E-state index contributed by atoms with van der Waals surface area (Å²) in [5.74, 6) is -0.533. The molecule has 1 amide bonds. The van der Waals surface area contributed by atoms with E-state index in [0.717, 1.165) is 5.56 Å². The van der Waals surface area contributed by atoms with Gasteiger partial charge in [-0.15, -0.1) is 0 Å². The number of benzene rings is 1. The van der Waals surface area contributed by atoms with Gasteiger partial charge in [-0.05, 0) is 22.6 Å². The van der Waals surface area contributed by atoms with E-state index in [1.807, 2.05) is 24.3 Å². The van der Waals surface area contributed by atoms with Gasteiger partial charge in [0.1, 0.15) is 24.4 Å². The van der Waals surface area contributed by atoms with Gasteiger partial charge < -0.3 is 30.5 Å². The van der Waals surface area contributed by atoms with Crippen molar-refractivity contribution in [3.8, 4) is 0 Å². The van der Waals surface area contributed by atoms with Crippen LogP contribution in [0.15, 0.2) is 30.3 Å². The van der Waals surface area contributed by atoms with Gasteiger partial charge in [0, 0.05) is 6.08 Å². The molecule has 1 aliphatic heterocycles. The maximum absolute atomic E-state index is 12.0. The number of hydrogen-bond donors (Lipinski definition) is 5. The average molecular weight is 365 g/mol. The quantitative estimate of drug-likeness (QED) is 0.476. The highest BCUT2D eigenvalue weighted by molar-refractivity contribution is 5.91. The Morgan fingerprint density at radius 2 is 1.73 bits per heavy atom. The van der Waals surface area contributed by atoms with Gasteiger partial charge in [-0.3, -0.25) is 4.79 Å². The fraction of sp³-hybridized carbons (Fsp3) is 0.526. The summed E-state index contributed by atoms with van der Waals surface area (Å²) >= 11 is 0. The number of rotatable bonds is 4. The molecule has 0 saturated carbocycles. The lowest BCUT2D eigenvalue weighted by molar-refractivity contribution is -0.235. The monoisotopic (exact) mass is 365 g/mol. The Bertz CT molecular complexity index is 634. The second kappa shape index (κ2) is 8.28. The van der Waals surface area contributed by atoms with Crippen molar-refractivity contribution in [3.05, 3.63) is 41.5 Å². The van der Waals surface area contributed by atoms with E-state index in [9.17, 15) is 20.1 Å². The Kier molecular flexibility index (Phi) is 6.54. The van der Waals surface area contributed by atoms with Crippen molar-refractivity contribution in [2.24, 2.45) is 0 Å². The molecule has 26 heavy (non-hydrogen) atoms. The molecule has 7 nitrogen and oxygen atoms in total. The summed E-state index contributed by atoms with van der Waals surface area (Å²) in [6.07, 6.45) is -3.88. The van der Waals surface area contributed by atoms with Crippen LogP contribution in [0.4, 0.5) is 0 Å². The smallest absolute Gasteiger partial charge is 0.246 e. The van der Waals surface area contributed by atoms with Crippen molar-refractivity contribution in [3.63, 3.8) is 0 Å². The van der Waals surface area contributed by atoms with E-state index >= 15 is 0 Å². The van der Waals surface area contributed by atoms with Gasteiger partial charge in [-0.25, -0.2) is 0 Å². The zero-order chi connectivity index (χ0) is 19.5. The normalized spacial score (nSPS) is 29.7. The lowest BCUT2D eigenvalue weighted by Gasteiger charge is -2.39. The molecule has 144 valence electrons. The largest absolute Gasteiger partial charge is 0.394 e. The van der Waals surface area contributed by atoms with Crippen LogP contribution in [0.5, 0.6) is 0 Å². The number of ether oxygens (including phenoxy) is 1. The topological polar surface area (TPSA) is 119 Å². The summed E-state index contributed by atoms with van der Waals surface area (Å²) < 4.78 is 5.23. The molecule has 0 unspecified atom stereocenters. The Morgan fingerprint density at radius 3 is 2.27 bits per heavy atom. The highest BCUT2D eigenvalue weighted by atomic mass is 16.6. The molecule has 1 heterocycles. The van der Waals surface area contributed by atoms with Crippen molar-refractivity contribution < 1.29 is 30.0 Å². The minimum absolute atomic E-state index is 0.0444. The third-order valence-corrected chi connectivity index (χ3v) is 4.38. The molecule has 5 atom stereocenters. The van der Waals surface area contributed by atoms with Gasteiger partial charge >= 0.3 is 0 Å². The molecule has 0 bridgehead atoms. The average Bonchev–Trinajstić information content (AvgIpc) is 2.60. The third-order valence-electron chi connectivity index (χ3n) is 4.38. The predicted octanol–water partition coefficient (Wildman–Crippen LogP) is -0.0866. The molecular weight excluding hydrogens is 338 g/mol. The molecule has 0 aliphatic carbocycles. The molecule has 1 aromatic carbocycles. The van der Waals surface area contributed by atoms with Crippen LogP contribution in [-0.4, -0.2) is 63.6 Å². The first-order valence-electron chi connectivity index (χ1n) is 8.53. The van der Waals surface area contributed by atoms with E-state index in [1.54, 1.807) is 6.08 Å². The summed E-state index contributed by atoms with van der Waals surface area (Å²) in [4.78, 5) is 12.0. The van der Waals surface area contributed by atoms with Gasteiger partial charge in [0.15, 0.2) is 6.23 Å². The van der Waals surface area contributed by atoms with Crippen LogP contribution >= 0.6 is 0 Å². The molecule has 7 heteroatoms. The van der Waals surface area contributed by atoms with Crippen molar-refractivity contribution in [1.82, 2.24) is 5.32 Å². The second-order valence-electron chi connectivity index (χ2n) is 7.46. The summed E-state index contributed by atoms with van der Waals surface area (Å²) in [6.45, 7) is 5.80. The van der Waals surface area contributed by atoms with Crippen LogP contribution < -0.4 is 5.32 Å². The fourth-order valence-corrected chi connectivity index (χ4v) is 2.68. The molecule has 1 saturated heterocycles. The van der Waals surface area contributed by atoms with E-state index < -0.39 is 43.2 Å². The molecule has 1 aromatic rings. The van der Waals surface area contributed by atoms with Gasteiger partial charge in [0.2, 0.25) is 5.91 Å². The molecule has 0 radical (unpaired) electrons. The summed E-state index contributed by atoms with van der Waals surface area (Å²) in [6, 6.07) is 7.79. The summed E-state index contributed by atoms with van der Waals surface area (Å²) in [7, 11) is 0. The minimum atomic E-state index is -1.53. The molecule has 1 fully saturated rings. The van der Waals surface area contributed by atoms with Gasteiger partial charge in [0.05, 0.1) is 6.61 Å². The number of amides is 1. The highest BCUT2D eigenvalue weighted by Crippen LogP contribution is 2.22. The minimum Gasteiger partial charge on any atom is -0.394 e. The van der Waals surface area contributed by atoms with Crippen LogP contribution in [0.25, 0.3) is 6.08 Å². The number of hydrogen-bond acceptors (Lipinski definition) is 6. The number of aliphatic hydroxyl groups excluding tert-OH is 4. The van der Waals surface area contributed by atoms with Crippen LogP contribution in [0.2, 0.25) is 0 Å². The molecule has 2 rings (SSSR count). The van der Waals surface area contributed by atoms with E-state index in [2.05, 4.69) is 26.1 Å². The number of carbonyl (C=O) groups is 1. The second-order valence-corrected chi connectivity index (χ2v) is 7.46. The Morgan fingerprint density at radius 1 is 1.12 bits per heavy atom. The number of nitrogens with one attached hydrogen (secondary N) is 1. The van der Waals surface area contributed by atoms with Crippen molar-refractivity contribution in [2.45, 2.75) is 56.8 Å². The van der Waals surface area contributed by atoms with Crippen LogP contribution in [0.1, 0.15) is 31.9 Å². The fourth-order valence-electron chi connectivity index (χ4n) is 2.68. The lowest BCUT2D eigenvalue weighted by atomic mass is 9.87. The standard InChI is InChI=1S/C19H27NO6/c1-19(2,3)12-7-4-11(5-8-12)6-9-14(22)20-18-17(25)16(24)15(23)13(10-21)26-18/h4-9,13,15-18,21,23-25H,10H2,1-3H3,(H,20,22)/b9-6+/t13-,15-,16+,17-,18-/m1/s1. The van der Waals surface area contributed by atoms with Gasteiger partial charge in [-0.1, -0.05) is 45.0 Å². The number of carbonyl (C=O) groups excluding carboxylic acids is 1. The Labute approximate surface area is 152 Å². The zero-order valence-electron chi connectivity index (χ0n) is 15.2. The first-order chi connectivity index (χ1) is 12.1. The summed E-state index contributed by atoms with van der Waals surface area (Å²) in [5.41, 5.74) is 2.06. The maximum Gasteiger partial charge on any atom is 0.246 e. The van der Waals surface area contributed by atoms with Crippen molar-refractivity contribution >= 4 is 12.0 Å². The molecule has 5 N–H and O–H groups in total. The Balaban J connectivity index is 1.98. The van der Waals surface area contributed by atoms with Gasteiger partial charge in [0.25, 0.3) is 0 Å². The lowest BCUT2D eigenvalue weighted by Crippen LogP contribution is -2.63. The Hall–Kier alpha value is -1.77. The molecule has 0 aromatic heterocycles. The van der Waals surface area contributed by atoms with E-state index in [0.29, 0.717) is 0 Å². The molecule has 1 aliphatic rings. The molecule has 0 spiro atoms. The first-order valence-corrected chi connectivity index (χ1v) is 8.53. The van der Waals surface area contributed by atoms with Crippen molar-refractivity contribution in [1.29, 1.82) is 0 Å². The van der Waals surface area contributed by atoms with E-state index in [4.69, 9.17) is 9.84 Å². The van der Waals surface area contributed by atoms with Gasteiger partial charge in [-0.2, -0.15) is 0 Å². The van der Waals surface area contributed by atoms with Crippen LogP contribution in [0, 0.1) is 0 Å². The highest BCUT2D eigenvalue weighted by Gasteiger charge is 2.43. The zero-order valence-corrected chi connectivity index (χ0v) is 15.2. The third kappa shape index (κ3) is 4.90. The maximum atomic E-state index is 12.0. The predicted molar refractivity (Wildman–Crippen MR) is 96.1 cm³/mol. The number of aliphatic hydroxyl groups is 4. The van der Waals surface area contributed by atoms with Crippen LogP contribution in [-0.2, 0) is 14.9 Å². The first kappa shape index (κ1) is 20.5. The van der Waals surface area contributed by atoms with Crippen LogP contribution in [0.3, 0.4) is 0 Å². The van der Waals surface area contributed by atoms with E-state index in [-0.39, 0.29) is 5.41 Å². The SMILES string of the molecule is CC(C)(C)c1ccc(/C=C/C(=O)N[C@@H]2O[C@H](CO)[C@@H](O)[C@H](O)[C@H]2O)cc1. The summed E-state index contributed by atoms with van der Waals surface area (Å²) in [5, 5.41) is 40.9. The van der Waals surface area contributed by atoms with E-state index in [1.165, 1.54) is 11.6 Å². The van der Waals surface area contributed by atoms with Crippen molar-refractivity contribution in [2.75, 3.05) is 6.61 Å². The molecular formula is C19H27NO6.